The molecule has 4 rings (SSSR count). The predicted octanol–water partition coefficient (Wildman–Crippen LogP) is 5.12. The summed E-state index contributed by atoms with van der Waals surface area (Å²) in [5, 5.41) is 4.18. The van der Waals surface area contributed by atoms with E-state index >= 15 is 0 Å². The first-order valence-electron chi connectivity index (χ1n) is 10.0. The predicted molar refractivity (Wildman–Crippen MR) is 118 cm³/mol. The molecule has 3 heterocycles. The second-order valence-electron chi connectivity index (χ2n) is 6.98. The normalized spacial score (nSPS) is 18.7. The molecular weight excluding hydrogens is 382 g/mol. The summed E-state index contributed by atoms with van der Waals surface area (Å²) in [6, 6.07) is 17.9. The maximum absolute atomic E-state index is 6.32. The van der Waals surface area contributed by atoms with Crippen molar-refractivity contribution in [3.8, 4) is 17.1 Å². The smallest absolute Gasteiger partial charge is 0.170 e. The molecule has 1 aromatic carbocycles. The van der Waals surface area contributed by atoms with E-state index in [4.69, 9.17) is 21.4 Å². The average Bonchev–Trinajstić information content (AvgIpc) is 3.35. The lowest BCUT2D eigenvalue weighted by Crippen LogP contribution is -2.30. The van der Waals surface area contributed by atoms with Crippen LogP contribution in [-0.2, 0) is 0 Å². The summed E-state index contributed by atoms with van der Waals surface area (Å²) < 4.78 is 11.9. The maximum atomic E-state index is 6.32. The SMILES string of the molecule is CCCN1C(=S)NC(c2ccccn2)C1c1ccc(-c2ccc(OCC)cc2)o1. The van der Waals surface area contributed by atoms with Crippen molar-refractivity contribution >= 4 is 17.3 Å². The van der Waals surface area contributed by atoms with Crippen LogP contribution in [-0.4, -0.2) is 28.1 Å². The molecule has 1 saturated heterocycles. The third kappa shape index (κ3) is 3.98. The quantitative estimate of drug-likeness (QED) is 0.549. The van der Waals surface area contributed by atoms with Gasteiger partial charge in [0, 0.05) is 18.3 Å². The van der Waals surface area contributed by atoms with E-state index < -0.39 is 0 Å². The van der Waals surface area contributed by atoms with Gasteiger partial charge in [0.2, 0.25) is 0 Å². The molecule has 0 saturated carbocycles. The van der Waals surface area contributed by atoms with Crippen molar-refractivity contribution in [3.05, 3.63) is 72.2 Å². The van der Waals surface area contributed by atoms with E-state index in [1.54, 1.807) is 0 Å². The van der Waals surface area contributed by atoms with Gasteiger partial charge in [0.05, 0.1) is 18.3 Å². The van der Waals surface area contributed by atoms with Gasteiger partial charge >= 0.3 is 0 Å². The fourth-order valence-corrected chi connectivity index (χ4v) is 4.08. The minimum absolute atomic E-state index is 0.0335. The lowest BCUT2D eigenvalue weighted by atomic mass is 10.0. The summed E-state index contributed by atoms with van der Waals surface area (Å²) in [6.07, 6.45) is 2.81. The Hall–Kier alpha value is -2.86. The van der Waals surface area contributed by atoms with Crippen LogP contribution < -0.4 is 10.1 Å². The topological polar surface area (TPSA) is 50.5 Å². The highest BCUT2D eigenvalue weighted by molar-refractivity contribution is 7.80. The Morgan fingerprint density at radius 3 is 2.62 bits per heavy atom. The summed E-state index contributed by atoms with van der Waals surface area (Å²) in [5.41, 5.74) is 1.97. The van der Waals surface area contributed by atoms with Crippen LogP contribution in [0.25, 0.3) is 11.3 Å². The van der Waals surface area contributed by atoms with Crippen molar-refractivity contribution in [2.24, 2.45) is 0 Å². The Morgan fingerprint density at radius 1 is 1.10 bits per heavy atom. The number of hydrogen-bond acceptors (Lipinski definition) is 4. The number of ether oxygens (including phenoxy) is 1. The molecule has 2 unspecified atom stereocenters. The maximum Gasteiger partial charge on any atom is 0.170 e. The lowest BCUT2D eigenvalue weighted by Gasteiger charge is -2.25. The summed E-state index contributed by atoms with van der Waals surface area (Å²) >= 11 is 5.63. The van der Waals surface area contributed by atoms with Crippen molar-refractivity contribution in [2.75, 3.05) is 13.2 Å². The van der Waals surface area contributed by atoms with Gasteiger partial charge < -0.3 is 19.4 Å². The second-order valence-corrected chi connectivity index (χ2v) is 7.37. The number of nitrogens with zero attached hydrogens (tertiary/aromatic N) is 2. The zero-order valence-electron chi connectivity index (χ0n) is 16.7. The van der Waals surface area contributed by atoms with Crippen LogP contribution >= 0.6 is 12.2 Å². The molecule has 1 fully saturated rings. The summed E-state index contributed by atoms with van der Waals surface area (Å²) in [4.78, 5) is 6.76. The Labute approximate surface area is 176 Å². The second kappa shape index (κ2) is 8.66. The standard InChI is InChI=1S/C23H25N3O2S/c1-3-15-26-22(21(25-23(26)29)18-7-5-6-14-24-18)20-13-12-19(28-20)16-8-10-17(11-9-16)27-4-2/h5-14,21-22H,3-4,15H2,1-2H3,(H,25,29). The third-order valence-corrected chi connectivity index (χ3v) is 5.38. The van der Waals surface area contributed by atoms with Crippen molar-refractivity contribution in [1.29, 1.82) is 0 Å². The molecule has 0 bridgehead atoms. The molecule has 0 aliphatic carbocycles. The first-order chi connectivity index (χ1) is 14.2. The number of aromatic nitrogens is 1. The van der Waals surface area contributed by atoms with Gasteiger partial charge in [-0.3, -0.25) is 4.98 Å². The number of benzene rings is 1. The average molecular weight is 408 g/mol. The first-order valence-corrected chi connectivity index (χ1v) is 10.4. The van der Waals surface area contributed by atoms with Gasteiger partial charge in [0.1, 0.15) is 23.3 Å². The van der Waals surface area contributed by atoms with Crippen LogP contribution in [0.2, 0.25) is 0 Å². The Bertz CT molecular complexity index is 956. The van der Waals surface area contributed by atoms with E-state index in [1.807, 2.05) is 67.7 Å². The highest BCUT2D eigenvalue weighted by Crippen LogP contribution is 2.40. The van der Waals surface area contributed by atoms with Crippen molar-refractivity contribution in [1.82, 2.24) is 15.2 Å². The van der Waals surface area contributed by atoms with Crippen molar-refractivity contribution < 1.29 is 9.15 Å². The zero-order valence-corrected chi connectivity index (χ0v) is 17.5. The van der Waals surface area contributed by atoms with Crippen LogP contribution in [0, 0.1) is 0 Å². The van der Waals surface area contributed by atoms with E-state index in [1.165, 1.54) is 0 Å². The van der Waals surface area contributed by atoms with E-state index in [9.17, 15) is 0 Å². The monoisotopic (exact) mass is 407 g/mol. The van der Waals surface area contributed by atoms with Gasteiger partial charge in [-0.15, -0.1) is 0 Å². The molecule has 29 heavy (non-hydrogen) atoms. The largest absolute Gasteiger partial charge is 0.494 e. The Kier molecular flexibility index (Phi) is 5.81. The Morgan fingerprint density at radius 2 is 1.93 bits per heavy atom. The molecule has 3 aromatic rings. The fourth-order valence-electron chi connectivity index (χ4n) is 3.75. The van der Waals surface area contributed by atoms with E-state index in [2.05, 4.69) is 22.1 Å². The molecule has 0 spiro atoms. The van der Waals surface area contributed by atoms with Gasteiger partial charge in [-0.2, -0.15) is 0 Å². The number of nitrogens with one attached hydrogen (secondary N) is 1. The van der Waals surface area contributed by atoms with Gasteiger partial charge in [0.25, 0.3) is 0 Å². The lowest BCUT2D eigenvalue weighted by molar-refractivity contribution is 0.275. The minimum atomic E-state index is -0.0467. The summed E-state index contributed by atoms with van der Waals surface area (Å²) in [7, 11) is 0. The minimum Gasteiger partial charge on any atom is -0.494 e. The van der Waals surface area contributed by atoms with E-state index in [0.29, 0.717) is 6.61 Å². The van der Waals surface area contributed by atoms with Gasteiger partial charge in [0.15, 0.2) is 5.11 Å². The molecule has 150 valence electrons. The van der Waals surface area contributed by atoms with Crippen LogP contribution in [0.1, 0.15) is 43.8 Å². The van der Waals surface area contributed by atoms with E-state index in [-0.39, 0.29) is 12.1 Å². The van der Waals surface area contributed by atoms with Gasteiger partial charge in [-0.25, -0.2) is 0 Å². The van der Waals surface area contributed by atoms with Gasteiger partial charge in [-0.05, 0) is 74.1 Å². The molecule has 0 radical (unpaired) electrons. The van der Waals surface area contributed by atoms with E-state index in [0.717, 1.165) is 46.6 Å². The molecule has 1 N–H and O–H groups in total. The van der Waals surface area contributed by atoms with Crippen LogP contribution in [0.3, 0.4) is 0 Å². The molecule has 2 atom stereocenters. The number of furan rings is 1. The van der Waals surface area contributed by atoms with Crippen molar-refractivity contribution in [3.63, 3.8) is 0 Å². The molecule has 1 aliphatic rings. The first kappa shape index (κ1) is 19.5. The van der Waals surface area contributed by atoms with Crippen LogP contribution in [0.5, 0.6) is 5.75 Å². The third-order valence-electron chi connectivity index (χ3n) is 5.03. The van der Waals surface area contributed by atoms with Crippen LogP contribution in [0.4, 0.5) is 0 Å². The molecule has 0 amide bonds. The number of thiocarbonyl (C=S) groups is 1. The van der Waals surface area contributed by atoms with Crippen LogP contribution in [0.15, 0.2) is 65.2 Å². The Balaban J connectivity index is 1.66. The molecule has 1 aliphatic heterocycles. The highest BCUT2D eigenvalue weighted by atomic mass is 32.1. The summed E-state index contributed by atoms with van der Waals surface area (Å²) in [6.45, 7) is 5.65. The molecule has 5 nitrogen and oxygen atoms in total. The number of hydrogen-bond donors (Lipinski definition) is 1. The zero-order chi connectivity index (χ0) is 20.2. The highest BCUT2D eigenvalue weighted by Gasteiger charge is 2.41. The fraction of sp³-hybridized carbons (Fsp3) is 0.304. The van der Waals surface area contributed by atoms with Crippen molar-refractivity contribution in [2.45, 2.75) is 32.4 Å². The molecule has 2 aromatic heterocycles. The number of rotatable bonds is 7. The molecule has 6 heteroatoms. The van der Waals surface area contributed by atoms with Gasteiger partial charge in [-0.1, -0.05) is 13.0 Å². The number of pyridine rings is 1. The molecular formula is C23H25N3O2S. The summed E-state index contributed by atoms with van der Waals surface area (Å²) in [5.74, 6) is 2.57.